The van der Waals surface area contributed by atoms with E-state index in [1.807, 2.05) is 60.7 Å². The van der Waals surface area contributed by atoms with Crippen LogP contribution in [0.25, 0.3) is 11.1 Å². The molecule has 0 amide bonds. The molecule has 0 saturated carbocycles. The predicted molar refractivity (Wildman–Crippen MR) is 89.2 cm³/mol. The van der Waals surface area contributed by atoms with Gasteiger partial charge in [0.2, 0.25) is 0 Å². The molecule has 0 N–H and O–H groups in total. The highest BCUT2D eigenvalue weighted by Crippen LogP contribution is 2.30. The molecule has 2 nitrogen and oxygen atoms in total. The van der Waals surface area contributed by atoms with Crippen molar-refractivity contribution in [1.29, 1.82) is 0 Å². The monoisotopic (exact) mass is 290 g/mol. The Morgan fingerprint density at radius 1 is 0.727 bits per heavy atom. The Bertz CT molecular complexity index is 718. The van der Waals surface area contributed by atoms with E-state index in [4.69, 9.17) is 9.47 Å². The van der Waals surface area contributed by atoms with Crippen LogP contribution in [-0.2, 0) is 6.61 Å². The molecular formula is C20H18O2. The number of hydrogen-bond acceptors (Lipinski definition) is 2. The third-order valence-electron chi connectivity index (χ3n) is 3.53. The van der Waals surface area contributed by atoms with Gasteiger partial charge in [-0.1, -0.05) is 60.7 Å². The third-order valence-corrected chi connectivity index (χ3v) is 3.53. The SMILES string of the molecule is COc1ccc(COc2ccccc2-c2ccccc2)cc1. The maximum absolute atomic E-state index is 6.01. The van der Waals surface area contributed by atoms with E-state index in [2.05, 4.69) is 18.2 Å². The van der Waals surface area contributed by atoms with Gasteiger partial charge in [0.1, 0.15) is 18.1 Å². The van der Waals surface area contributed by atoms with Gasteiger partial charge in [-0.05, 0) is 29.3 Å². The maximum Gasteiger partial charge on any atom is 0.127 e. The Morgan fingerprint density at radius 3 is 2.14 bits per heavy atom. The first-order valence-corrected chi connectivity index (χ1v) is 7.27. The Kier molecular flexibility index (Phi) is 4.40. The van der Waals surface area contributed by atoms with Gasteiger partial charge >= 0.3 is 0 Å². The van der Waals surface area contributed by atoms with Gasteiger partial charge in [0, 0.05) is 5.56 Å². The Labute approximate surface area is 131 Å². The van der Waals surface area contributed by atoms with E-state index >= 15 is 0 Å². The fourth-order valence-corrected chi connectivity index (χ4v) is 2.33. The first-order valence-electron chi connectivity index (χ1n) is 7.27. The summed E-state index contributed by atoms with van der Waals surface area (Å²) in [4.78, 5) is 0. The van der Waals surface area contributed by atoms with Crippen LogP contribution in [0.5, 0.6) is 11.5 Å². The van der Waals surface area contributed by atoms with Crippen LogP contribution in [0.2, 0.25) is 0 Å². The average molecular weight is 290 g/mol. The van der Waals surface area contributed by atoms with Crippen molar-refractivity contribution in [1.82, 2.24) is 0 Å². The van der Waals surface area contributed by atoms with E-state index in [0.717, 1.165) is 28.2 Å². The van der Waals surface area contributed by atoms with Crippen LogP contribution in [-0.4, -0.2) is 7.11 Å². The van der Waals surface area contributed by atoms with Gasteiger partial charge in [0.05, 0.1) is 7.11 Å². The van der Waals surface area contributed by atoms with Gasteiger partial charge in [-0.2, -0.15) is 0 Å². The first-order chi connectivity index (χ1) is 10.9. The average Bonchev–Trinajstić information content (AvgIpc) is 2.61. The largest absolute Gasteiger partial charge is 0.497 e. The molecule has 0 radical (unpaired) electrons. The molecule has 0 spiro atoms. The van der Waals surface area contributed by atoms with Crippen molar-refractivity contribution in [3.8, 4) is 22.6 Å². The molecule has 2 heteroatoms. The highest BCUT2D eigenvalue weighted by Gasteiger charge is 2.05. The minimum atomic E-state index is 0.536. The lowest BCUT2D eigenvalue weighted by atomic mass is 10.0. The summed E-state index contributed by atoms with van der Waals surface area (Å²) < 4.78 is 11.2. The van der Waals surface area contributed by atoms with Crippen molar-refractivity contribution in [2.75, 3.05) is 7.11 Å². The minimum absolute atomic E-state index is 0.536. The number of methoxy groups -OCH3 is 1. The molecule has 0 bridgehead atoms. The van der Waals surface area contributed by atoms with Crippen LogP contribution in [0.3, 0.4) is 0 Å². The van der Waals surface area contributed by atoms with E-state index in [-0.39, 0.29) is 0 Å². The lowest BCUT2D eigenvalue weighted by molar-refractivity contribution is 0.307. The topological polar surface area (TPSA) is 18.5 Å². The third kappa shape index (κ3) is 3.29. The number of rotatable bonds is 5. The van der Waals surface area contributed by atoms with Crippen LogP contribution in [0, 0.1) is 0 Å². The summed E-state index contributed by atoms with van der Waals surface area (Å²) in [6.07, 6.45) is 0. The van der Waals surface area contributed by atoms with Crippen molar-refractivity contribution in [2.45, 2.75) is 6.61 Å². The molecule has 0 saturated heterocycles. The van der Waals surface area contributed by atoms with Crippen LogP contribution < -0.4 is 9.47 Å². The molecule has 0 aliphatic rings. The second-order valence-corrected chi connectivity index (χ2v) is 5.00. The van der Waals surface area contributed by atoms with Crippen molar-refractivity contribution in [2.24, 2.45) is 0 Å². The van der Waals surface area contributed by atoms with Crippen LogP contribution in [0.15, 0.2) is 78.9 Å². The second kappa shape index (κ2) is 6.81. The molecule has 3 aromatic carbocycles. The molecule has 0 atom stereocenters. The molecule has 0 unspecified atom stereocenters. The zero-order chi connectivity index (χ0) is 15.2. The summed E-state index contributed by atoms with van der Waals surface area (Å²) in [5.74, 6) is 1.75. The summed E-state index contributed by atoms with van der Waals surface area (Å²) in [6.45, 7) is 0.536. The molecule has 22 heavy (non-hydrogen) atoms. The van der Waals surface area contributed by atoms with Crippen molar-refractivity contribution in [3.63, 3.8) is 0 Å². The van der Waals surface area contributed by atoms with Crippen LogP contribution >= 0.6 is 0 Å². The smallest absolute Gasteiger partial charge is 0.127 e. The number of benzene rings is 3. The summed E-state index contributed by atoms with van der Waals surface area (Å²) in [6, 6.07) is 26.3. The van der Waals surface area contributed by atoms with Crippen molar-refractivity contribution in [3.05, 3.63) is 84.4 Å². The maximum atomic E-state index is 6.01. The lowest BCUT2D eigenvalue weighted by Gasteiger charge is -2.12. The van der Waals surface area contributed by atoms with Gasteiger partial charge < -0.3 is 9.47 Å². The Hall–Kier alpha value is -2.74. The fraction of sp³-hybridized carbons (Fsp3) is 0.100. The Balaban J connectivity index is 1.78. The van der Waals surface area contributed by atoms with E-state index < -0.39 is 0 Å². The molecular weight excluding hydrogens is 272 g/mol. The lowest BCUT2D eigenvalue weighted by Crippen LogP contribution is -1.97. The van der Waals surface area contributed by atoms with Gasteiger partial charge in [-0.15, -0.1) is 0 Å². The van der Waals surface area contributed by atoms with Gasteiger partial charge in [-0.3, -0.25) is 0 Å². The quantitative estimate of drug-likeness (QED) is 0.662. The van der Waals surface area contributed by atoms with Gasteiger partial charge in [-0.25, -0.2) is 0 Å². The van der Waals surface area contributed by atoms with Crippen molar-refractivity contribution >= 4 is 0 Å². The predicted octanol–water partition coefficient (Wildman–Crippen LogP) is 4.94. The summed E-state index contributed by atoms with van der Waals surface area (Å²) in [7, 11) is 1.67. The van der Waals surface area contributed by atoms with Gasteiger partial charge in [0.15, 0.2) is 0 Å². The van der Waals surface area contributed by atoms with Crippen LogP contribution in [0.4, 0.5) is 0 Å². The molecule has 110 valence electrons. The first kappa shape index (κ1) is 14.2. The minimum Gasteiger partial charge on any atom is -0.497 e. The zero-order valence-electron chi connectivity index (χ0n) is 12.5. The number of para-hydroxylation sites is 1. The molecule has 3 rings (SSSR count). The molecule has 0 aliphatic carbocycles. The fourth-order valence-electron chi connectivity index (χ4n) is 2.33. The molecule has 0 aromatic heterocycles. The molecule has 0 fully saturated rings. The summed E-state index contributed by atoms with van der Waals surface area (Å²) in [5, 5.41) is 0. The van der Waals surface area contributed by atoms with E-state index in [1.165, 1.54) is 0 Å². The highest BCUT2D eigenvalue weighted by atomic mass is 16.5. The summed E-state index contributed by atoms with van der Waals surface area (Å²) in [5.41, 5.74) is 3.38. The number of ether oxygens (including phenoxy) is 2. The number of hydrogen-bond donors (Lipinski definition) is 0. The van der Waals surface area contributed by atoms with E-state index in [0.29, 0.717) is 6.61 Å². The zero-order valence-corrected chi connectivity index (χ0v) is 12.5. The summed E-state index contributed by atoms with van der Waals surface area (Å²) >= 11 is 0. The second-order valence-electron chi connectivity index (χ2n) is 5.00. The van der Waals surface area contributed by atoms with E-state index in [9.17, 15) is 0 Å². The normalized spacial score (nSPS) is 10.2. The van der Waals surface area contributed by atoms with Gasteiger partial charge in [0.25, 0.3) is 0 Å². The molecule has 0 aliphatic heterocycles. The van der Waals surface area contributed by atoms with Crippen LogP contribution in [0.1, 0.15) is 5.56 Å². The Morgan fingerprint density at radius 2 is 1.41 bits per heavy atom. The highest BCUT2D eigenvalue weighted by molar-refractivity contribution is 5.70. The molecule has 3 aromatic rings. The standard InChI is InChI=1S/C20H18O2/c1-21-18-13-11-16(12-14-18)15-22-20-10-6-5-9-19(20)17-7-3-2-4-8-17/h2-14H,15H2,1H3. The van der Waals surface area contributed by atoms with E-state index in [1.54, 1.807) is 7.11 Å². The molecule has 0 heterocycles. The van der Waals surface area contributed by atoms with Crippen molar-refractivity contribution < 1.29 is 9.47 Å².